The molecular formula is C10H10OS. The molecule has 62 valence electrons. The molecule has 1 aromatic rings. The summed E-state index contributed by atoms with van der Waals surface area (Å²) in [5.74, 6) is 0.284. The van der Waals surface area contributed by atoms with Gasteiger partial charge in [0.05, 0.1) is 0 Å². The zero-order valence-electron chi connectivity index (χ0n) is 6.82. The lowest BCUT2D eigenvalue weighted by Crippen LogP contribution is -1.76. The zero-order valence-corrected chi connectivity index (χ0v) is 7.64. The van der Waals surface area contributed by atoms with Gasteiger partial charge in [0, 0.05) is 4.86 Å². The van der Waals surface area contributed by atoms with Crippen LogP contribution in [-0.2, 0) is 0 Å². The van der Waals surface area contributed by atoms with Crippen molar-refractivity contribution in [3.05, 3.63) is 35.9 Å². The van der Waals surface area contributed by atoms with E-state index in [9.17, 15) is 0 Å². The van der Waals surface area contributed by atoms with E-state index in [1.54, 1.807) is 12.1 Å². The highest BCUT2D eigenvalue weighted by atomic mass is 32.1. The highest BCUT2D eigenvalue weighted by molar-refractivity contribution is 7.80. The summed E-state index contributed by atoms with van der Waals surface area (Å²) in [6.07, 6.45) is 3.78. The summed E-state index contributed by atoms with van der Waals surface area (Å²) in [4.78, 5) is 0.850. The Morgan fingerprint density at radius 1 is 1.33 bits per heavy atom. The molecule has 0 fully saturated rings. The molecule has 0 heterocycles. The number of phenols is 1. The predicted octanol–water partition coefficient (Wildman–Crippen LogP) is 2.80. The Bertz CT molecular complexity index is 298. The highest BCUT2D eigenvalue weighted by Crippen LogP contribution is 2.10. The van der Waals surface area contributed by atoms with Crippen molar-refractivity contribution in [3.63, 3.8) is 0 Å². The molecule has 0 aliphatic carbocycles. The lowest BCUT2D eigenvalue weighted by molar-refractivity contribution is 0.475. The van der Waals surface area contributed by atoms with Crippen LogP contribution in [0.4, 0.5) is 0 Å². The van der Waals surface area contributed by atoms with E-state index in [4.69, 9.17) is 17.3 Å². The van der Waals surface area contributed by atoms with Crippen molar-refractivity contribution in [2.24, 2.45) is 0 Å². The summed E-state index contributed by atoms with van der Waals surface area (Å²) in [7, 11) is 0. The molecule has 1 rings (SSSR count). The van der Waals surface area contributed by atoms with Crippen molar-refractivity contribution < 1.29 is 5.11 Å². The van der Waals surface area contributed by atoms with Crippen LogP contribution >= 0.6 is 12.2 Å². The van der Waals surface area contributed by atoms with Crippen LogP contribution < -0.4 is 0 Å². The SMILES string of the molecule is CC(=S)/C=C/c1ccc(O)cc1. The summed E-state index contributed by atoms with van der Waals surface area (Å²) in [5, 5.41) is 8.98. The van der Waals surface area contributed by atoms with E-state index in [2.05, 4.69) is 0 Å². The predicted molar refractivity (Wildman–Crippen MR) is 55.4 cm³/mol. The average molecular weight is 178 g/mol. The van der Waals surface area contributed by atoms with Crippen molar-refractivity contribution in [1.29, 1.82) is 0 Å². The molecule has 1 nitrogen and oxygen atoms in total. The van der Waals surface area contributed by atoms with Gasteiger partial charge in [-0.25, -0.2) is 0 Å². The number of aromatic hydroxyl groups is 1. The molecule has 0 bridgehead atoms. The fourth-order valence-electron chi connectivity index (χ4n) is 0.799. The molecule has 2 heteroatoms. The summed E-state index contributed by atoms with van der Waals surface area (Å²) in [5.41, 5.74) is 1.04. The van der Waals surface area contributed by atoms with E-state index in [-0.39, 0.29) is 5.75 Å². The molecule has 0 atom stereocenters. The number of allylic oxidation sites excluding steroid dienone is 1. The minimum absolute atomic E-state index is 0.284. The van der Waals surface area contributed by atoms with Crippen molar-refractivity contribution >= 4 is 23.2 Å². The number of phenolic OH excluding ortho intramolecular Hbond substituents is 1. The van der Waals surface area contributed by atoms with Crippen molar-refractivity contribution in [2.45, 2.75) is 6.92 Å². The molecule has 0 aromatic heterocycles. The zero-order chi connectivity index (χ0) is 8.97. The van der Waals surface area contributed by atoms with Gasteiger partial charge in [-0.2, -0.15) is 0 Å². The molecule has 1 N–H and O–H groups in total. The molecule has 1 aromatic carbocycles. The second-order valence-corrected chi connectivity index (χ2v) is 3.18. The van der Waals surface area contributed by atoms with Gasteiger partial charge in [-0.15, -0.1) is 0 Å². The standard InChI is InChI=1S/C10H10OS/c1-8(12)2-3-9-4-6-10(11)7-5-9/h2-7,11H,1H3/b3-2+. The Hall–Kier alpha value is -1.15. The lowest BCUT2D eigenvalue weighted by Gasteiger charge is -1.92. The fourth-order valence-corrected chi connectivity index (χ4v) is 0.867. The first kappa shape index (κ1) is 8.94. The van der Waals surface area contributed by atoms with Crippen LogP contribution in [0.2, 0.25) is 0 Å². The number of rotatable bonds is 2. The molecule has 0 aliphatic rings. The molecule has 0 amide bonds. The maximum Gasteiger partial charge on any atom is 0.115 e. The number of hydrogen-bond donors (Lipinski definition) is 1. The second kappa shape index (κ2) is 4.02. The Kier molecular flexibility index (Phi) is 3.00. The van der Waals surface area contributed by atoms with Crippen LogP contribution in [0.15, 0.2) is 30.3 Å². The molecule has 0 saturated heterocycles. The summed E-state index contributed by atoms with van der Waals surface area (Å²) in [6.45, 7) is 1.87. The molecule has 0 spiro atoms. The summed E-state index contributed by atoms with van der Waals surface area (Å²) in [6, 6.07) is 6.98. The van der Waals surface area contributed by atoms with Crippen molar-refractivity contribution in [1.82, 2.24) is 0 Å². The van der Waals surface area contributed by atoms with Crippen LogP contribution in [0.3, 0.4) is 0 Å². The van der Waals surface area contributed by atoms with Gasteiger partial charge in [-0.3, -0.25) is 0 Å². The minimum Gasteiger partial charge on any atom is -0.508 e. The molecular weight excluding hydrogens is 168 g/mol. The maximum absolute atomic E-state index is 8.98. The van der Waals surface area contributed by atoms with Gasteiger partial charge in [-0.05, 0) is 30.7 Å². The van der Waals surface area contributed by atoms with E-state index in [0.29, 0.717) is 0 Å². The average Bonchev–Trinajstić information content (AvgIpc) is 2.03. The third-order valence-electron chi connectivity index (χ3n) is 1.40. The van der Waals surface area contributed by atoms with Gasteiger partial charge in [-0.1, -0.05) is 30.4 Å². The van der Waals surface area contributed by atoms with Crippen LogP contribution in [0, 0.1) is 0 Å². The maximum atomic E-state index is 8.98. The molecule has 0 radical (unpaired) electrons. The number of benzene rings is 1. The van der Waals surface area contributed by atoms with Gasteiger partial charge < -0.3 is 5.11 Å². The Morgan fingerprint density at radius 3 is 2.42 bits per heavy atom. The van der Waals surface area contributed by atoms with Crippen LogP contribution in [-0.4, -0.2) is 9.97 Å². The normalized spacial score (nSPS) is 10.4. The summed E-state index contributed by atoms with van der Waals surface area (Å²) < 4.78 is 0. The third kappa shape index (κ3) is 2.84. The lowest BCUT2D eigenvalue weighted by atomic mass is 10.2. The summed E-state index contributed by atoms with van der Waals surface area (Å²) >= 11 is 4.88. The van der Waals surface area contributed by atoms with Gasteiger partial charge in [0.2, 0.25) is 0 Å². The molecule has 0 aliphatic heterocycles. The van der Waals surface area contributed by atoms with Crippen LogP contribution in [0.5, 0.6) is 5.75 Å². The van der Waals surface area contributed by atoms with E-state index in [1.165, 1.54) is 0 Å². The molecule has 0 unspecified atom stereocenters. The topological polar surface area (TPSA) is 20.2 Å². The first-order valence-electron chi connectivity index (χ1n) is 3.66. The Balaban J connectivity index is 2.77. The quantitative estimate of drug-likeness (QED) is 0.555. The first-order valence-corrected chi connectivity index (χ1v) is 4.07. The second-order valence-electron chi connectivity index (χ2n) is 2.54. The first-order chi connectivity index (χ1) is 5.68. The van der Waals surface area contributed by atoms with Crippen molar-refractivity contribution in [3.8, 4) is 5.75 Å². The van der Waals surface area contributed by atoms with E-state index < -0.39 is 0 Å². The van der Waals surface area contributed by atoms with Crippen molar-refractivity contribution in [2.75, 3.05) is 0 Å². The van der Waals surface area contributed by atoms with Crippen LogP contribution in [0.1, 0.15) is 12.5 Å². The smallest absolute Gasteiger partial charge is 0.115 e. The minimum atomic E-state index is 0.284. The molecule has 12 heavy (non-hydrogen) atoms. The third-order valence-corrected chi connectivity index (χ3v) is 1.54. The van der Waals surface area contributed by atoms with E-state index in [1.807, 2.05) is 31.2 Å². The fraction of sp³-hybridized carbons (Fsp3) is 0.100. The monoisotopic (exact) mass is 178 g/mol. The van der Waals surface area contributed by atoms with Gasteiger partial charge in [0.25, 0.3) is 0 Å². The van der Waals surface area contributed by atoms with E-state index >= 15 is 0 Å². The Morgan fingerprint density at radius 2 is 1.92 bits per heavy atom. The number of hydrogen-bond acceptors (Lipinski definition) is 2. The largest absolute Gasteiger partial charge is 0.508 e. The van der Waals surface area contributed by atoms with Gasteiger partial charge in [0.15, 0.2) is 0 Å². The highest BCUT2D eigenvalue weighted by Gasteiger charge is 1.87. The van der Waals surface area contributed by atoms with E-state index in [0.717, 1.165) is 10.4 Å². The van der Waals surface area contributed by atoms with Gasteiger partial charge in [0.1, 0.15) is 5.75 Å². The molecule has 0 saturated carbocycles. The van der Waals surface area contributed by atoms with Gasteiger partial charge >= 0.3 is 0 Å². The van der Waals surface area contributed by atoms with Crippen LogP contribution in [0.25, 0.3) is 6.08 Å². The number of thiocarbonyl (C=S) groups is 1. The Labute approximate surface area is 77.4 Å².